The van der Waals surface area contributed by atoms with Gasteiger partial charge in [-0.2, -0.15) is 11.3 Å². The van der Waals surface area contributed by atoms with Gasteiger partial charge in [0.25, 0.3) is 0 Å². The third kappa shape index (κ3) is 6.14. The molecule has 0 saturated carbocycles. The third-order valence-electron chi connectivity index (χ3n) is 3.76. The van der Waals surface area contributed by atoms with Crippen molar-refractivity contribution in [2.24, 2.45) is 4.99 Å². The van der Waals surface area contributed by atoms with Gasteiger partial charge in [0.2, 0.25) is 0 Å². The molecule has 3 rings (SSSR count). The monoisotopic (exact) mass is 481 g/mol. The van der Waals surface area contributed by atoms with Gasteiger partial charge >= 0.3 is 0 Å². The van der Waals surface area contributed by atoms with E-state index in [2.05, 4.69) is 73.2 Å². The van der Waals surface area contributed by atoms with Gasteiger partial charge in [-0.05, 0) is 34.9 Å². The molecule has 0 spiro atoms. The average Bonchev–Trinajstić information content (AvgIpc) is 3.30. The summed E-state index contributed by atoms with van der Waals surface area (Å²) in [7, 11) is 0. The predicted molar refractivity (Wildman–Crippen MR) is 119 cm³/mol. The fourth-order valence-electron chi connectivity index (χ4n) is 2.49. The van der Waals surface area contributed by atoms with Crippen molar-refractivity contribution in [3.05, 3.63) is 76.5 Å². The molecule has 0 radical (unpaired) electrons. The van der Waals surface area contributed by atoms with E-state index in [-0.39, 0.29) is 24.0 Å². The number of rotatable bonds is 7. The maximum atomic E-state index is 4.63. The maximum absolute atomic E-state index is 4.63. The Morgan fingerprint density at radius 3 is 2.73 bits per heavy atom. The Kier molecular flexibility index (Phi) is 8.63. The molecule has 0 atom stereocenters. The second-order valence-electron chi connectivity index (χ2n) is 5.64. The van der Waals surface area contributed by atoms with Crippen LogP contribution in [-0.4, -0.2) is 22.1 Å². The number of aliphatic imine (C=N–C) groups is 1. The molecule has 0 saturated heterocycles. The Balaban J connectivity index is 0.00000243. The van der Waals surface area contributed by atoms with E-state index in [1.807, 2.05) is 18.5 Å². The molecule has 0 fully saturated rings. The first-order valence-corrected chi connectivity index (χ1v) is 9.36. The first-order valence-electron chi connectivity index (χ1n) is 8.42. The summed E-state index contributed by atoms with van der Waals surface area (Å²) in [6, 6.07) is 12.5. The van der Waals surface area contributed by atoms with Crippen LogP contribution in [-0.2, 0) is 19.6 Å². The van der Waals surface area contributed by atoms with Crippen LogP contribution in [0.25, 0.3) is 0 Å². The molecule has 5 nitrogen and oxygen atoms in total. The molecular formula is C19H24IN5S. The molecule has 1 aromatic carbocycles. The highest BCUT2D eigenvalue weighted by molar-refractivity contribution is 14.0. The summed E-state index contributed by atoms with van der Waals surface area (Å²) in [5.74, 6) is 1.80. The summed E-state index contributed by atoms with van der Waals surface area (Å²) in [5, 5.41) is 10.9. The summed E-state index contributed by atoms with van der Waals surface area (Å²) in [6.45, 7) is 5.03. The summed E-state index contributed by atoms with van der Waals surface area (Å²) in [6.07, 6.45) is 3.86. The normalized spacial score (nSPS) is 11.0. The lowest BCUT2D eigenvalue weighted by Crippen LogP contribution is -2.37. The second-order valence-corrected chi connectivity index (χ2v) is 6.42. The van der Waals surface area contributed by atoms with Crippen LogP contribution in [0.5, 0.6) is 0 Å². The molecular weight excluding hydrogens is 457 g/mol. The highest BCUT2D eigenvalue weighted by Gasteiger charge is 2.05. The quantitative estimate of drug-likeness (QED) is 0.306. The number of nitrogens with zero attached hydrogens (tertiary/aromatic N) is 3. The topological polar surface area (TPSA) is 54.2 Å². The fraction of sp³-hybridized carbons (Fsp3) is 0.263. The van der Waals surface area contributed by atoms with Crippen LogP contribution in [0.4, 0.5) is 0 Å². The van der Waals surface area contributed by atoms with Gasteiger partial charge in [0.1, 0.15) is 5.82 Å². The van der Waals surface area contributed by atoms with Crippen molar-refractivity contribution in [1.82, 2.24) is 20.2 Å². The number of hydrogen-bond acceptors (Lipinski definition) is 3. The van der Waals surface area contributed by atoms with Crippen molar-refractivity contribution in [2.45, 2.75) is 26.6 Å². The van der Waals surface area contributed by atoms with Crippen molar-refractivity contribution in [3.63, 3.8) is 0 Å². The Hall–Kier alpha value is -1.87. The van der Waals surface area contributed by atoms with Gasteiger partial charge in [0.15, 0.2) is 5.96 Å². The Morgan fingerprint density at radius 1 is 1.15 bits per heavy atom. The highest BCUT2D eigenvalue weighted by Crippen LogP contribution is 2.07. The van der Waals surface area contributed by atoms with Crippen molar-refractivity contribution >= 4 is 41.3 Å². The fourth-order valence-corrected chi connectivity index (χ4v) is 3.15. The van der Waals surface area contributed by atoms with Gasteiger partial charge in [0, 0.05) is 25.5 Å². The maximum Gasteiger partial charge on any atom is 0.191 e. The molecule has 0 aliphatic carbocycles. The Labute approximate surface area is 175 Å². The standard InChI is InChI=1S/C19H23N5S.HI/c1-2-20-19(22-12-17-8-11-25-15-17)23-13-18-21-9-10-24(18)14-16-6-4-3-5-7-16;/h3-11,15H,2,12-14H2,1H3,(H2,20,22,23);1H. The molecule has 3 aromatic rings. The van der Waals surface area contributed by atoms with E-state index in [0.29, 0.717) is 13.1 Å². The highest BCUT2D eigenvalue weighted by atomic mass is 127. The average molecular weight is 481 g/mol. The number of thiophene rings is 1. The molecule has 2 aromatic heterocycles. The minimum atomic E-state index is 0. The molecule has 138 valence electrons. The SMILES string of the molecule is CCNC(=NCc1ccsc1)NCc1nccn1Cc1ccccc1.I. The number of nitrogens with one attached hydrogen (secondary N) is 2. The number of halogens is 1. The molecule has 0 bridgehead atoms. The van der Waals surface area contributed by atoms with Crippen LogP contribution in [0.15, 0.2) is 64.5 Å². The van der Waals surface area contributed by atoms with E-state index in [1.165, 1.54) is 11.1 Å². The summed E-state index contributed by atoms with van der Waals surface area (Å²) in [4.78, 5) is 9.11. The molecule has 0 aliphatic heterocycles. The zero-order chi connectivity index (χ0) is 17.3. The van der Waals surface area contributed by atoms with Crippen LogP contribution < -0.4 is 10.6 Å². The van der Waals surface area contributed by atoms with Crippen LogP contribution in [0.1, 0.15) is 23.9 Å². The number of benzene rings is 1. The van der Waals surface area contributed by atoms with E-state index in [0.717, 1.165) is 24.9 Å². The zero-order valence-electron chi connectivity index (χ0n) is 14.8. The summed E-state index contributed by atoms with van der Waals surface area (Å²) in [5.41, 5.74) is 2.49. The molecule has 0 aliphatic rings. The van der Waals surface area contributed by atoms with Gasteiger partial charge in [0.05, 0.1) is 13.1 Å². The molecule has 0 amide bonds. The zero-order valence-corrected chi connectivity index (χ0v) is 17.9. The third-order valence-corrected chi connectivity index (χ3v) is 4.49. The van der Waals surface area contributed by atoms with E-state index in [4.69, 9.17) is 0 Å². The van der Waals surface area contributed by atoms with Gasteiger partial charge < -0.3 is 15.2 Å². The molecule has 7 heteroatoms. The van der Waals surface area contributed by atoms with Gasteiger partial charge in [-0.1, -0.05) is 30.3 Å². The Morgan fingerprint density at radius 2 is 2.00 bits per heavy atom. The second kappa shape index (κ2) is 11.0. The van der Waals surface area contributed by atoms with Gasteiger partial charge in [-0.25, -0.2) is 9.98 Å². The van der Waals surface area contributed by atoms with E-state index >= 15 is 0 Å². The lowest BCUT2D eigenvalue weighted by molar-refractivity contribution is 0.688. The van der Waals surface area contributed by atoms with E-state index in [1.54, 1.807) is 11.3 Å². The van der Waals surface area contributed by atoms with Gasteiger partial charge in [-0.15, -0.1) is 24.0 Å². The molecule has 2 heterocycles. The number of aromatic nitrogens is 2. The molecule has 0 unspecified atom stereocenters. The van der Waals surface area contributed by atoms with Gasteiger partial charge in [-0.3, -0.25) is 0 Å². The number of imidazole rings is 1. The first kappa shape index (κ1) is 20.4. The number of hydrogen-bond donors (Lipinski definition) is 2. The van der Waals surface area contributed by atoms with Crippen molar-refractivity contribution in [3.8, 4) is 0 Å². The minimum absolute atomic E-state index is 0. The predicted octanol–water partition coefficient (Wildman–Crippen LogP) is 3.87. The van der Waals surface area contributed by atoms with E-state index in [9.17, 15) is 0 Å². The van der Waals surface area contributed by atoms with Crippen LogP contribution in [0, 0.1) is 0 Å². The van der Waals surface area contributed by atoms with E-state index < -0.39 is 0 Å². The van der Waals surface area contributed by atoms with Crippen LogP contribution in [0.2, 0.25) is 0 Å². The van der Waals surface area contributed by atoms with Crippen molar-refractivity contribution in [1.29, 1.82) is 0 Å². The first-order chi connectivity index (χ1) is 12.3. The largest absolute Gasteiger partial charge is 0.357 e. The lowest BCUT2D eigenvalue weighted by atomic mass is 10.2. The molecule has 2 N–H and O–H groups in total. The number of guanidine groups is 1. The van der Waals surface area contributed by atoms with Crippen LogP contribution in [0.3, 0.4) is 0 Å². The molecule has 26 heavy (non-hydrogen) atoms. The van der Waals surface area contributed by atoms with Crippen molar-refractivity contribution < 1.29 is 0 Å². The van der Waals surface area contributed by atoms with Crippen LogP contribution >= 0.6 is 35.3 Å². The summed E-state index contributed by atoms with van der Waals surface area (Å²) >= 11 is 1.70. The lowest BCUT2D eigenvalue weighted by Gasteiger charge is -2.12. The summed E-state index contributed by atoms with van der Waals surface area (Å²) < 4.78 is 2.16. The minimum Gasteiger partial charge on any atom is -0.357 e. The smallest absolute Gasteiger partial charge is 0.191 e. The van der Waals surface area contributed by atoms with Crippen molar-refractivity contribution in [2.75, 3.05) is 6.54 Å². The Bertz CT molecular complexity index is 783.